The van der Waals surface area contributed by atoms with E-state index in [0.29, 0.717) is 5.66 Å². The van der Waals surface area contributed by atoms with Crippen LogP contribution in [0, 0.1) is 6.92 Å². The number of aryl methyl sites for hydroxylation is 1. The molecule has 0 spiro atoms. The molecule has 1 aromatic heterocycles. The number of benzene rings is 2. The van der Waals surface area contributed by atoms with E-state index in [1.165, 1.54) is 22.4 Å². The van der Waals surface area contributed by atoms with Crippen molar-refractivity contribution in [3.8, 4) is 0 Å². The molecule has 0 saturated carbocycles. The molecule has 3 aromatic rings. The first-order valence-corrected chi connectivity index (χ1v) is 8.92. The Labute approximate surface area is 134 Å². The summed E-state index contributed by atoms with van der Waals surface area (Å²) >= 11 is 0. The fraction of sp³-hybridized carbons (Fsp3) is 0.150. The van der Waals surface area contributed by atoms with Gasteiger partial charge < -0.3 is 0 Å². The molecule has 0 radical (unpaired) electrons. The second-order valence-electron chi connectivity index (χ2n) is 5.47. The highest BCUT2D eigenvalue weighted by molar-refractivity contribution is 7.37. The normalized spacial score (nSPS) is 11.4. The molecule has 1 atom stereocenters. The summed E-state index contributed by atoms with van der Waals surface area (Å²) in [7, 11) is 0.821. The summed E-state index contributed by atoms with van der Waals surface area (Å²) in [6.07, 6.45) is 3.11. The van der Waals surface area contributed by atoms with Gasteiger partial charge in [0, 0.05) is 17.3 Å². The molecule has 0 aliphatic rings. The number of hydrogen-bond acceptors (Lipinski definition) is 0. The lowest BCUT2D eigenvalue weighted by molar-refractivity contribution is -0.389. The highest BCUT2D eigenvalue weighted by Gasteiger charge is 2.16. The Morgan fingerprint density at radius 3 is 1.95 bits per heavy atom. The smallest absolute Gasteiger partial charge is 0.186 e. The van der Waals surface area contributed by atoms with Crippen LogP contribution in [0.3, 0.4) is 0 Å². The molecule has 2 aromatic carbocycles. The zero-order valence-corrected chi connectivity index (χ0v) is 13.8. The van der Waals surface area contributed by atoms with Crippen LogP contribution in [0.15, 0.2) is 79.0 Å². The lowest BCUT2D eigenvalue weighted by Crippen LogP contribution is -2.10. The van der Waals surface area contributed by atoms with Gasteiger partial charge in [0.05, 0.1) is 6.16 Å². The Morgan fingerprint density at radius 2 is 1.41 bits per heavy atom. The van der Waals surface area contributed by atoms with Gasteiger partial charge in [0.15, 0.2) is 11.9 Å². The highest BCUT2D eigenvalue weighted by Crippen LogP contribution is 2.42. The maximum atomic E-state index is 3.40. The van der Waals surface area contributed by atoms with Crippen LogP contribution in [0.1, 0.15) is 28.0 Å². The monoisotopic (exact) mass is 306 g/mol. The molecule has 22 heavy (non-hydrogen) atoms. The highest BCUT2D eigenvalue weighted by atomic mass is 31.1. The summed E-state index contributed by atoms with van der Waals surface area (Å²) in [5.74, 6) is 0. The summed E-state index contributed by atoms with van der Waals surface area (Å²) in [6.45, 7) is 2.18. The predicted octanol–water partition coefficient (Wildman–Crippen LogP) is 4.78. The van der Waals surface area contributed by atoms with Crippen molar-refractivity contribution in [3.05, 3.63) is 101 Å². The number of nitrogens with one attached hydrogen (secondary N) is 1. The molecule has 2 heteroatoms. The molecule has 1 heterocycles. The standard InChI is InChI=1S/C20H20NP/c1-16-9-8-14-21-19(16)15-22-20(17-10-4-2-5-11-17)18-12-6-3-7-13-18/h2-14,20,22H,15H2,1H3/p+1. The average Bonchev–Trinajstić information content (AvgIpc) is 2.59. The molecular formula is C20H21NP+. The Balaban J connectivity index is 1.85. The average molecular weight is 306 g/mol. The maximum Gasteiger partial charge on any atom is 0.186 e. The van der Waals surface area contributed by atoms with Crippen molar-refractivity contribution in [2.24, 2.45) is 0 Å². The summed E-state index contributed by atoms with van der Waals surface area (Å²) in [4.78, 5) is 3.40. The molecule has 0 amide bonds. The molecule has 0 aliphatic carbocycles. The van der Waals surface area contributed by atoms with E-state index in [0.717, 1.165) is 14.7 Å². The van der Waals surface area contributed by atoms with E-state index in [1.807, 2.05) is 6.20 Å². The van der Waals surface area contributed by atoms with Gasteiger partial charge in [0.2, 0.25) is 0 Å². The van der Waals surface area contributed by atoms with Gasteiger partial charge in [-0.05, 0) is 24.1 Å². The number of aromatic amines is 1. The largest absolute Gasteiger partial charge is 0.215 e. The van der Waals surface area contributed by atoms with Crippen molar-refractivity contribution in [2.45, 2.75) is 18.7 Å². The van der Waals surface area contributed by atoms with Crippen molar-refractivity contribution in [2.75, 3.05) is 0 Å². The van der Waals surface area contributed by atoms with E-state index >= 15 is 0 Å². The molecule has 1 N–H and O–H groups in total. The third kappa shape index (κ3) is 3.61. The van der Waals surface area contributed by atoms with Gasteiger partial charge in [0.25, 0.3) is 0 Å². The maximum absolute atomic E-state index is 3.40. The first kappa shape index (κ1) is 14.9. The molecular weight excluding hydrogens is 285 g/mol. The summed E-state index contributed by atoms with van der Waals surface area (Å²) in [6, 6.07) is 25.9. The third-order valence-electron chi connectivity index (χ3n) is 3.92. The third-order valence-corrected chi connectivity index (χ3v) is 5.56. The van der Waals surface area contributed by atoms with E-state index < -0.39 is 0 Å². The van der Waals surface area contributed by atoms with Crippen LogP contribution in [0.2, 0.25) is 0 Å². The van der Waals surface area contributed by atoms with E-state index in [-0.39, 0.29) is 0 Å². The second kappa shape index (κ2) is 7.33. The van der Waals surface area contributed by atoms with Crippen LogP contribution in [-0.4, -0.2) is 0 Å². The molecule has 0 fully saturated rings. The van der Waals surface area contributed by atoms with Gasteiger partial charge in [-0.2, -0.15) is 0 Å². The van der Waals surface area contributed by atoms with Crippen molar-refractivity contribution >= 4 is 8.58 Å². The van der Waals surface area contributed by atoms with E-state index in [9.17, 15) is 0 Å². The van der Waals surface area contributed by atoms with Crippen LogP contribution in [-0.2, 0) is 6.16 Å². The molecule has 3 rings (SSSR count). The summed E-state index contributed by atoms with van der Waals surface area (Å²) in [5.41, 5.74) is 5.96. The molecule has 0 saturated heterocycles. The lowest BCUT2D eigenvalue weighted by atomic mass is 10.0. The zero-order valence-electron chi connectivity index (χ0n) is 12.8. The molecule has 1 nitrogen and oxygen atoms in total. The first-order chi connectivity index (χ1) is 10.8. The van der Waals surface area contributed by atoms with Crippen LogP contribution in [0.5, 0.6) is 0 Å². The van der Waals surface area contributed by atoms with Crippen molar-refractivity contribution in [1.82, 2.24) is 0 Å². The van der Waals surface area contributed by atoms with Gasteiger partial charge in [-0.25, -0.2) is 4.98 Å². The van der Waals surface area contributed by atoms with E-state index in [1.54, 1.807) is 0 Å². The topological polar surface area (TPSA) is 14.1 Å². The van der Waals surface area contributed by atoms with Crippen molar-refractivity contribution in [1.29, 1.82) is 0 Å². The van der Waals surface area contributed by atoms with Crippen LogP contribution >= 0.6 is 8.58 Å². The predicted molar refractivity (Wildman–Crippen MR) is 94.5 cm³/mol. The van der Waals surface area contributed by atoms with Gasteiger partial charge >= 0.3 is 0 Å². The minimum atomic E-state index is 0.468. The Bertz CT molecular complexity index is 671. The van der Waals surface area contributed by atoms with Crippen LogP contribution in [0.4, 0.5) is 0 Å². The van der Waals surface area contributed by atoms with Crippen LogP contribution in [0.25, 0.3) is 0 Å². The summed E-state index contributed by atoms with van der Waals surface area (Å²) < 4.78 is 0. The van der Waals surface area contributed by atoms with Crippen LogP contribution < -0.4 is 4.98 Å². The number of hydrogen-bond donors (Lipinski definition) is 0. The quantitative estimate of drug-likeness (QED) is 0.602. The fourth-order valence-corrected chi connectivity index (χ4v) is 4.31. The lowest BCUT2D eigenvalue weighted by Gasteiger charge is -2.17. The van der Waals surface area contributed by atoms with Gasteiger partial charge in [-0.15, -0.1) is 0 Å². The van der Waals surface area contributed by atoms with Crippen molar-refractivity contribution in [3.63, 3.8) is 0 Å². The van der Waals surface area contributed by atoms with Gasteiger partial charge in [0.1, 0.15) is 0 Å². The number of rotatable bonds is 5. The Hall–Kier alpha value is -1.98. The van der Waals surface area contributed by atoms with Crippen molar-refractivity contribution < 1.29 is 4.98 Å². The minimum absolute atomic E-state index is 0.468. The summed E-state index contributed by atoms with van der Waals surface area (Å²) in [5, 5.41) is 0. The molecule has 0 bridgehead atoms. The number of H-pyrrole nitrogens is 1. The minimum Gasteiger partial charge on any atom is -0.215 e. The Morgan fingerprint density at radius 1 is 0.818 bits per heavy atom. The van der Waals surface area contributed by atoms with Gasteiger partial charge in [-0.1, -0.05) is 69.2 Å². The first-order valence-electron chi connectivity index (χ1n) is 7.64. The van der Waals surface area contributed by atoms with E-state index in [4.69, 9.17) is 0 Å². The SMILES string of the molecule is Cc1ccc[nH+]c1CPC(c1ccccc1)c1ccccc1. The molecule has 110 valence electrons. The fourth-order valence-electron chi connectivity index (χ4n) is 2.67. The van der Waals surface area contributed by atoms with E-state index in [2.05, 4.69) is 84.7 Å². The molecule has 1 unspecified atom stereocenters. The Kier molecular flexibility index (Phi) is 4.98. The number of pyridine rings is 1. The molecule has 0 aliphatic heterocycles. The second-order valence-corrected chi connectivity index (χ2v) is 6.81. The number of aromatic nitrogens is 1. The zero-order chi connectivity index (χ0) is 15.2. The van der Waals surface area contributed by atoms with Gasteiger partial charge in [-0.3, -0.25) is 0 Å².